The van der Waals surface area contributed by atoms with Gasteiger partial charge in [-0.2, -0.15) is 0 Å². The number of aromatic amines is 1. The van der Waals surface area contributed by atoms with Crippen molar-refractivity contribution in [3.8, 4) is 0 Å². The highest BCUT2D eigenvalue weighted by Crippen LogP contribution is 2.26. The van der Waals surface area contributed by atoms with Crippen molar-refractivity contribution in [1.82, 2.24) is 15.3 Å². The number of benzene rings is 2. The van der Waals surface area contributed by atoms with E-state index < -0.39 is 16.8 Å². The molecule has 9 nitrogen and oxygen atoms in total. The van der Waals surface area contributed by atoms with Crippen LogP contribution in [0, 0.1) is 6.92 Å². The summed E-state index contributed by atoms with van der Waals surface area (Å²) in [5.41, 5.74) is 8.93. The van der Waals surface area contributed by atoms with Crippen LogP contribution in [0.15, 0.2) is 50.8 Å². The first kappa shape index (κ1) is 20.6. The minimum Gasteiger partial charge on any atom is -0.394 e. The second kappa shape index (κ2) is 7.70. The van der Waals surface area contributed by atoms with Crippen molar-refractivity contribution in [2.75, 3.05) is 17.2 Å². The van der Waals surface area contributed by atoms with Crippen molar-refractivity contribution in [2.24, 2.45) is 0 Å². The second-order valence-corrected chi connectivity index (χ2v) is 8.31. The number of nitrogen functional groups attached to an aromatic ring is 1. The first-order valence-corrected chi connectivity index (χ1v) is 10.5. The molecule has 2 heterocycles. The largest absolute Gasteiger partial charge is 0.394 e. The number of hydrogen-bond donors (Lipinski definition) is 3. The van der Waals surface area contributed by atoms with Crippen LogP contribution in [0.3, 0.4) is 0 Å². The molecule has 1 aliphatic heterocycles. The predicted octanol–water partition coefficient (Wildman–Crippen LogP) is 0.902. The molecule has 0 fully saturated rings. The number of nitrogens with zero attached hydrogens (tertiary/aromatic N) is 2. The Morgan fingerprint density at radius 3 is 2.73 bits per heavy atom. The number of H-pyrrole nitrogens is 1. The smallest absolute Gasteiger partial charge is 0.287 e. The molecule has 0 spiro atoms. The van der Waals surface area contributed by atoms with Gasteiger partial charge in [0.25, 0.3) is 22.3 Å². The molecule has 0 radical (unpaired) electrons. The average Bonchev–Trinajstić information content (AvgIpc) is 2.82. The van der Waals surface area contributed by atoms with E-state index >= 15 is 0 Å². The molecule has 33 heavy (non-hydrogen) atoms. The lowest BCUT2D eigenvalue weighted by Crippen LogP contribution is -2.44. The Morgan fingerprint density at radius 1 is 1.12 bits per heavy atom. The Labute approximate surface area is 187 Å². The zero-order valence-corrected chi connectivity index (χ0v) is 17.9. The fraction of sp³-hybridized carbons (Fsp3) is 0.208. The van der Waals surface area contributed by atoms with Gasteiger partial charge in [0.05, 0.1) is 10.9 Å². The number of hydrogen-bond acceptors (Lipinski definition) is 7. The monoisotopic (exact) mass is 443 g/mol. The van der Waals surface area contributed by atoms with Gasteiger partial charge in [-0.3, -0.25) is 19.2 Å². The SMILES string of the molecule is Cc1ccc2nc(C(=O)NCc3ccc4c(c3)CN(c3c(N)c(=O)c3=O)CC4)[nH]c(=O)c2c1. The van der Waals surface area contributed by atoms with E-state index in [1.165, 1.54) is 0 Å². The summed E-state index contributed by atoms with van der Waals surface area (Å²) >= 11 is 0. The number of nitrogens with one attached hydrogen (secondary N) is 2. The van der Waals surface area contributed by atoms with Gasteiger partial charge in [0.2, 0.25) is 0 Å². The number of carbonyl (C=O) groups excluding carboxylic acids is 1. The molecule has 4 aromatic rings. The number of aryl methyl sites for hydroxylation is 1. The molecule has 0 saturated carbocycles. The Balaban J connectivity index is 1.32. The van der Waals surface area contributed by atoms with Crippen molar-refractivity contribution in [3.63, 3.8) is 0 Å². The minimum absolute atomic E-state index is 0.0268. The number of fused-ring (bicyclic) bond motifs is 2. The summed E-state index contributed by atoms with van der Waals surface area (Å²) < 4.78 is 0. The summed E-state index contributed by atoms with van der Waals surface area (Å²) in [5, 5.41) is 3.23. The third kappa shape index (κ3) is 3.57. The van der Waals surface area contributed by atoms with E-state index in [2.05, 4.69) is 15.3 Å². The number of aromatic nitrogens is 2. The van der Waals surface area contributed by atoms with Gasteiger partial charge in [-0.1, -0.05) is 29.8 Å². The summed E-state index contributed by atoms with van der Waals surface area (Å²) in [5.74, 6) is -0.526. The van der Waals surface area contributed by atoms with Crippen LogP contribution in [-0.2, 0) is 19.5 Å². The van der Waals surface area contributed by atoms with Crippen molar-refractivity contribution in [2.45, 2.75) is 26.4 Å². The molecule has 0 unspecified atom stereocenters. The molecule has 0 saturated heterocycles. The molecule has 3 aromatic carbocycles. The number of carbonyl (C=O) groups is 1. The zero-order chi connectivity index (χ0) is 23.3. The van der Waals surface area contributed by atoms with Gasteiger partial charge < -0.3 is 20.9 Å². The molecule has 1 amide bonds. The Kier molecular flexibility index (Phi) is 4.81. The molecule has 166 valence electrons. The van der Waals surface area contributed by atoms with Crippen LogP contribution >= 0.6 is 0 Å². The van der Waals surface area contributed by atoms with Gasteiger partial charge in [0.1, 0.15) is 11.4 Å². The number of amides is 1. The lowest BCUT2D eigenvalue weighted by Gasteiger charge is -2.32. The van der Waals surface area contributed by atoms with Crippen LogP contribution in [0.25, 0.3) is 10.9 Å². The summed E-state index contributed by atoms with van der Waals surface area (Å²) in [6.45, 7) is 3.20. The third-order valence-electron chi connectivity index (χ3n) is 6.05. The van der Waals surface area contributed by atoms with Crippen LogP contribution in [0.1, 0.15) is 32.9 Å². The topological polar surface area (TPSA) is 138 Å². The molecule has 0 atom stereocenters. The maximum Gasteiger partial charge on any atom is 0.287 e. The third-order valence-corrected chi connectivity index (χ3v) is 6.05. The van der Waals surface area contributed by atoms with Crippen LogP contribution in [-0.4, -0.2) is 22.4 Å². The first-order chi connectivity index (χ1) is 15.8. The van der Waals surface area contributed by atoms with Crippen molar-refractivity contribution in [3.05, 3.63) is 95.3 Å². The molecule has 0 aliphatic carbocycles. The highest BCUT2D eigenvalue weighted by molar-refractivity contribution is 5.92. The number of anilines is 2. The first-order valence-electron chi connectivity index (χ1n) is 10.5. The summed E-state index contributed by atoms with van der Waals surface area (Å²) in [6, 6.07) is 11.2. The molecule has 5 rings (SSSR count). The van der Waals surface area contributed by atoms with Gasteiger partial charge in [0, 0.05) is 19.6 Å². The number of rotatable bonds is 4. The van der Waals surface area contributed by atoms with Gasteiger partial charge in [-0.15, -0.1) is 0 Å². The molecular weight excluding hydrogens is 422 g/mol. The zero-order valence-electron chi connectivity index (χ0n) is 17.9. The van der Waals surface area contributed by atoms with Crippen LogP contribution in [0.2, 0.25) is 0 Å². The fourth-order valence-corrected chi connectivity index (χ4v) is 4.25. The average molecular weight is 443 g/mol. The van der Waals surface area contributed by atoms with Crippen molar-refractivity contribution < 1.29 is 4.79 Å². The standard InChI is InChI=1S/C24H21N5O4/c1-12-2-5-17-16(8-12)23(32)28-22(27-17)24(33)26-10-13-3-4-14-6-7-29(11-15(14)9-13)19-18(25)20(30)21(19)31/h2-5,8-9H,6-7,10-11,25H2,1H3,(H,26,33)(H,27,28,32). The quantitative estimate of drug-likeness (QED) is 0.398. The molecule has 4 N–H and O–H groups in total. The highest BCUT2D eigenvalue weighted by atomic mass is 16.2. The van der Waals surface area contributed by atoms with Crippen molar-refractivity contribution in [1.29, 1.82) is 0 Å². The van der Waals surface area contributed by atoms with E-state index in [1.807, 2.05) is 36.1 Å². The second-order valence-electron chi connectivity index (χ2n) is 8.31. The summed E-state index contributed by atoms with van der Waals surface area (Å²) in [4.78, 5) is 56.9. The van der Waals surface area contributed by atoms with Gasteiger partial charge in [0.15, 0.2) is 5.82 Å². The van der Waals surface area contributed by atoms with E-state index in [9.17, 15) is 19.2 Å². The molecule has 9 heteroatoms. The van der Waals surface area contributed by atoms with E-state index in [1.54, 1.807) is 12.1 Å². The van der Waals surface area contributed by atoms with E-state index in [0.29, 0.717) is 29.7 Å². The molecular formula is C24H21N5O4. The van der Waals surface area contributed by atoms with E-state index in [-0.39, 0.29) is 23.6 Å². The van der Waals surface area contributed by atoms with Crippen LogP contribution < -0.4 is 32.4 Å². The minimum atomic E-state index is -0.622. The maximum absolute atomic E-state index is 12.6. The van der Waals surface area contributed by atoms with Crippen LogP contribution in [0.4, 0.5) is 11.4 Å². The predicted molar refractivity (Wildman–Crippen MR) is 125 cm³/mol. The van der Waals surface area contributed by atoms with E-state index in [0.717, 1.165) is 28.7 Å². The summed E-state index contributed by atoms with van der Waals surface area (Å²) in [7, 11) is 0. The van der Waals surface area contributed by atoms with Gasteiger partial charge in [-0.25, -0.2) is 4.98 Å². The van der Waals surface area contributed by atoms with Crippen LogP contribution in [0.5, 0.6) is 0 Å². The van der Waals surface area contributed by atoms with E-state index in [4.69, 9.17) is 5.73 Å². The fourth-order valence-electron chi connectivity index (χ4n) is 4.25. The maximum atomic E-state index is 12.6. The summed E-state index contributed by atoms with van der Waals surface area (Å²) in [6.07, 6.45) is 0.724. The van der Waals surface area contributed by atoms with Gasteiger partial charge >= 0.3 is 0 Å². The Morgan fingerprint density at radius 2 is 1.94 bits per heavy atom. The lowest BCUT2D eigenvalue weighted by atomic mass is 9.96. The van der Waals surface area contributed by atoms with Gasteiger partial charge in [-0.05, 0) is 42.2 Å². The number of nitrogens with two attached hydrogens (primary N) is 1. The molecule has 0 bridgehead atoms. The highest BCUT2D eigenvalue weighted by Gasteiger charge is 2.26. The molecule has 1 aliphatic rings. The normalized spacial score (nSPS) is 13.3. The van der Waals surface area contributed by atoms with Crippen molar-refractivity contribution >= 4 is 28.2 Å². The lowest BCUT2D eigenvalue weighted by molar-refractivity contribution is 0.0940. The Bertz CT molecular complexity index is 1560. The Hall–Kier alpha value is -4.27. The molecule has 1 aromatic heterocycles.